The number of nitrogens with zero attached hydrogens (tertiary/aromatic N) is 3. The van der Waals surface area contributed by atoms with E-state index in [0.29, 0.717) is 12.2 Å². The molecular formula is C24H24N4O3. The number of fused-ring (bicyclic) bond motifs is 1. The van der Waals surface area contributed by atoms with Gasteiger partial charge in [-0.2, -0.15) is 5.10 Å². The molecule has 2 heterocycles. The Kier molecular flexibility index (Phi) is 5.58. The van der Waals surface area contributed by atoms with Gasteiger partial charge in [0.25, 0.3) is 5.56 Å². The molecule has 1 amide bonds. The molecule has 158 valence electrons. The van der Waals surface area contributed by atoms with Crippen LogP contribution in [0.2, 0.25) is 0 Å². The van der Waals surface area contributed by atoms with Crippen LogP contribution in [0.4, 0.5) is 0 Å². The average molecular weight is 416 g/mol. The fourth-order valence-electron chi connectivity index (χ4n) is 3.71. The van der Waals surface area contributed by atoms with E-state index in [1.165, 1.54) is 4.57 Å². The fraction of sp³-hybridized carbons (Fsp3) is 0.208. The molecule has 31 heavy (non-hydrogen) atoms. The molecule has 0 aliphatic heterocycles. The molecule has 0 aliphatic rings. The van der Waals surface area contributed by atoms with E-state index in [0.717, 1.165) is 33.6 Å². The quantitative estimate of drug-likeness (QED) is 0.524. The van der Waals surface area contributed by atoms with Crippen LogP contribution < -0.4 is 15.6 Å². The van der Waals surface area contributed by atoms with E-state index in [4.69, 9.17) is 4.74 Å². The van der Waals surface area contributed by atoms with Crippen molar-refractivity contribution in [3.63, 3.8) is 0 Å². The number of amides is 1. The highest BCUT2D eigenvalue weighted by molar-refractivity contribution is 5.85. The first-order valence-corrected chi connectivity index (χ1v) is 10.0. The minimum Gasteiger partial charge on any atom is -0.497 e. The summed E-state index contributed by atoms with van der Waals surface area (Å²) in [6.07, 6.45) is 0. The number of para-hydroxylation sites is 1. The summed E-state index contributed by atoms with van der Waals surface area (Å²) in [5.41, 5.74) is 3.81. The Labute approximate surface area is 179 Å². The largest absolute Gasteiger partial charge is 0.497 e. The van der Waals surface area contributed by atoms with Gasteiger partial charge in [0, 0.05) is 18.0 Å². The summed E-state index contributed by atoms with van der Waals surface area (Å²) in [6.45, 7) is 4.07. The van der Waals surface area contributed by atoms with E-state index in [2.05, 4.69) is 10.4 Å². The highest BCUT2D eigenvalue weighted by Gasteiger charge is 2.18. The van der Waals surface area contributed by atoms with Crippen LogP contribution in [0.25, 0.3) is 16.7 Å². The van der Waals surface area contributed by atoms with Crippen LogP contribution in [-0.4, -0.2) is 27.4 Å². The minimum absolute atomic E-state index is 0.0935. The second-order valence-corrected chi connectivity index (χ2v) is 7.41. The van der Waals surface area contributed by atoms with Crippen LogP contribution in [-0.2, 0) is 17.9 Å². The molecule has 7 heteroatoms. The van der Waals surface area contributed by atoms with E-state index in [-0.39, 0.29) is 18.0 Å². The zero-order chi connectivity index (χ0) is 22.0. The maximum atomic E-state index is 12.9. The van der Waals surface area contributed by atoms with Crippen LogP contribution in [0.5, 0.6) is 5.75 Å². The lowest BCUT2D eigenvalue weighted by molar-refractivity contribution is -0.121. The number of pyridine rings is 1. The molecule has 4 rings (SSSR count). The second-order valence-electron chi connectivity index (χ2n) is 7.41. The average Bonchev–Trinajstić information content (AvgIpc) is 3.13. The summed E-state index contributed by atoms with van der Waals surface area (Å²) < 4.78 is 8.37. The van der Waals surface area contributed by atoms with Gasteiger partial charge in [0.05, 0.1) is 18.5 Å². The summed E-state index contributed by atoms with van der Waals surface area (Å²) in [6, 6.07) is 18.6. The molecule has 0 bridgehead atoms. The molecule has 0 saturated heterocycles. The number of hydrogen-bond donors (Lipinski definition) is 1. The Morgan fingerprint density at radius 3 is 2.45 bits per heavy atom. The van der Waals surface area contributed by atoms with E-state index in [1.807, 2.05) is 68.4 Å². The number of hydrogen-bond acceptors (Lipinski definition) is 4. The topological polar surface area (TPSA) is 78.2 Å². The van der Waals surface area contributed by atoms with Crippen molar-refractivity contribution >= 4 is 16.9 Å². The van der Waals surface area contributed by atoms with Gasteiger partial charge >= 0.3 is 0 Å². The van der Waals surface area contributed by atoms with E-state index < -0.39 is 0 Å². The smallest absolute Gasteiger partial charge is 0.252 e. The third kappa shape index (κ3) is 4.07. The third-order valence-electron chi connectivity index (χ3n) is 5.24. The standard InChI is InChI=1S/C24H24N4O3/c1-16-13-22(30)27(15-21(29)25-14-18-9-11-20(31-3)12-10-18)24-23(16)17(2)26-28(24)19-7-5-4-6-8-19/h4-13H,14-15H2,1-3H3,(H,25,29). The Morgan fingerprint density at radius 2 is 1.77 bits per heavy atom. The zero-order valence-electron chi connectivity index (χ0n) is 17.8. The summed E-state index contributed by atoms with van der Waals surface area (Å²) in [4.78, 5) is 25.6. The van der Waals surface area contributed by atoms with E-state index >= 15 is 0 Å². The van der Waals surface area contributed by atoms with Gasteiger partial charge in [0.1, 0.15) is 17.9 Å². The lowest BCUT2D eigenvalue weighted by Gasteiger charge is -2.13. The second kappa shape index (κ2) is 8.47. The number of carbonyl (C=O) groups excluding carboxylic acids is 1. The Hall–Kier alpha value is -3.87. The normalized spacial score (nSPS) is 10.9. The van der Waals surface area contributed by atoms with E-state index in [9.17, 15) is 9.59 Å². The van der Waals surface area contributed by atoms with Crippen LogP contribution in [0.3, 0.4) is 0 Å². The highest BCUT2D eigenvalue weighted by atomic mass is 16.5. The van der Waals surface area contributed by atoms with Gasteiger partial charge in [-0.1, -0.05) is 30.3 Å². The van der Waals surface area contributed by atoms with Gasteiger partial charge in [0.15, 0.2) is 0 Å². The van der Waals surface area contributed by atoms with Crippen molar-refractivity contribution < 1.29 is 9.53 Å². The molecule has 1 N–H and O–H groups in total. The lowest BCUT2D eigenvalue weighted by Crippen LogP contribution is -2.32. The predicted octanol–water partition coefficient (Wildman–Crippen LogP) is 3.13. The van der Waals surface area contributed by atoms with Crippen LogP contribution in [0.15, 0.2) is 65.5 Å². The number of aryl methyl sites for hydroxylation is 2. The van der Waals surface area contributed by atoms with Crippen LogP contribution in [0.1, 0.15) is 16.8 Å². The third-order valence-corrected chi connectivity index (χ3v) is 5.24. The van der Waals surface area contributed by atoms with Crippen LogP contribution >= 0.6 is 0 Å². The first kappa shape index (κ1) is 20.4. The van der Waals surface area contributed by atoms with Crippen molar-refractivity contribution in [2.45, 2.75) is 26.9 Å². The summed E-state index contributed by atoms with van der Waals surface area (Å²) in [5.74, 6) is 0.509. The molecule has 2 aromatic heterocycles. The molecular weight excluding hydrogens is 392 g/mol. The molecule has 7 nitrogen and oxygen atoms in total. The maximum absolute atomic E-state index is 12.9. The van der Waals surface area contributed by atoms with Crippen molar-refractivity contribution in [3.05, 3.63) is 87.8 Å². The monoisotopic (exact) mass is 416 g/mol. The van der Waals surface area contributed by atoms with Gasteiger partial charge in [-0.3, -0.25) is 14.2 Å². The Bertz CT molecular complexity index is 1290. The van der Waals surface area contributed by atoms with Crippen molar-refractivity contribution in [2.24, 2.45) is 0 Å². The van der Waals surface area contributed by atoms with Gasteiger partial charge in [-0.25, -0.2) is 4.68 Å². The number of methoxy groups -OCH3 is 1. The van der Waals surface area contributed by atoms with Crippen molar-refractivity contribution in [1.29, 1.82) is 0 Å². The number of nitrogens with one attached hydrogen (secondary N) is 1. The van der Waals surface area contributed by atoms with Crippen molar-refractivity contribution in [1.82, 2.24) is 19.7 Å². The first-order valence-electron chi connectivity index (χ1n) is 10.0. The SMILES string of the molecule is COc1ccc(CNC(=O)Cn2c(=O)cc(C)c3c(C)nn(-c4ccccc4)c32)cc1. The van der Waals surface area contributed by atoms with Gasteiger partial charge in [-0.05, 0) is 49.2 Å². The lowest BCUT2D eigenvalue weighted by atomic mass is 10.1. The minimum atomic E-state index is -0.249. The van der Waals surface area contributed by atoms with Gasteiger partial charge in [0.2, 0.25) is 5.91 Å². The van der Waals surface area contributed by atoms with Crippen LogP contribution in [0, 0.1) is 13.8 Å². The van der Waals surface area contributed by atoms with Gasteiger partial charge in [-0.15, -0.1) is 0 Å². The van der Waals surface area contributed by atoms with Gasteiger partial charge < -0.3 is 10.1 Å². The molecule has 0 fully saturated rings. The molecule has 0 aliphatic carbocycles. The number of rotatable bonds is 6. The fourth-order valence-corrected chi connectivity index (χ4v) is 3.71. The summed E-state index contributed by atoms with van der Waals surface area (Å²) in [5, 5.41) is 8.42. The maximum Gasteiger partial charge on any atom is 0.252 e. The highest BCUT2D eigenvalue weighted by Crippen LogP contribution is 2.23. The molecule has 0 saturated carbocycles. The molecule has 2 aromatic carbocycles. The van der Waals surface area contributed by atoms with Crippen molar-refractivity contribution in [2.75, 3.05) is 7.11 Å². The van der Waals surface area contributed by atoms with E-state index in [1.54, 1.807) is 17.9 Å². The van der Waals surface area contributed by atoms with Crippen molar-refractivity contribution in [3.8, 4) is 11.4 Å². The Morgan fingerprint density at radius 1 is 1.06 bits per heavy atom. The number of ether oxygens (including phenoxy) is 1. The zero-order valence-corrected chi connectivity index (χ0v) is 17.8. The molecule has 0 radical (unpaired) electrons. The molecule has 0 atom stereocenters. The molecule has 4 aromatic rings. The summed E-state index contributed by atoms with van der Waals surface area (Å²) in [7, 11) is 1.61. The predicted molar refractivity (Wildman–Crippen MR) is 120 cm³/mol. The number of benzene rings is 2. The first-order chi connectivity index (χ1) is 15.0. The Balaban J connectivity index is 1.66. The molecule has 0 unspecified atom stereocenters. The number of carbonyl (C=O) groups is 1. The number of aromatic nitrogens is 3. The summed E-state index contributed by atoms with van der Waals surface area (Å²) >= 11 is 0. The molecule has 0 spiro atoms.